The van der Waals surface area contributed by atoms with Crippen LogP contribution >= 0.6 is 11.3 Å². The Morgan fingerprint density at radius 3 is 2.72 bits per heavy atom. The van der Waals surface area contributed by atoms with Crippen LogP contribution in [0.4, 0.5) is 5.69 Å². The summed E-state index contributed by atoms with van der Waals surface area (Å²) >= 11 is 1.89. The van der Waals surface area contributed by atoms with Crippen LogP contribution < -0.4 is 11.1 Å². The lowest BCUT2D eigenvalue weighted by Crippen LogP contribution is -2.16. The van der Waals surface area contributed by atoms with E-state index in [0.717, 1.165) is 37.3 Å². The van der Waals surface area contributed by atoms with Gasteiger partial charge >= 0.3 is 0 Å². The molecule has 0 bridgehead atoms. The highest BCUT2D eigenvalue weighted by atomic mass is 32.1. The van der Waals surface area contributed by atoms with E-state index in [1.807, 2.05) is 23.5 Å². The molecular formula is C14H19N3S. The van der Waals surface area contributed by atoms with Crippen molar-refractivity contribution in [1.82, 2.24) is 10.3 Å². The van der Waals surface area contributed by atoms with E-state index in [-0.39, 0.29) is 0 Å². The summed E-state index contributed by atoms with van der Waals surface area (Å²) in [5.41, 5.74) is 7.40. The van der Waals surface area contributed by atoms with Gasteiger partial charge in [0.15, 0.2) is 0 Å². The number of nitrogens with two attached hydrogens (primary N) is 1. The molecule has 2 rings (SSSR count). The third-order valence-corrected chi connectivity index (χ3v) is 4.00. The number of rotatable bonds is 6. The quantitative estimate of drug-likeness (QED) is 0.786. The Morgan fingerprint density at radius 2 is 2.06 bits per heavy atom. The van der Waals surface area contributed by atoms with Crippen LogP contribution in [0.1, 0.15) is 22.4 Å². The van der Waals surface area contributed by atoms with E-state index in [1.54, 1.807) is 6.20 Å². The Kier molecular flexibility index (Phi) is 4.73. The lowest BCUT2D eigenvalue weighted by atomic mass is 10.2. The fourth-order valence-corrected chi connectivity index (χ4v) is 2.65. The van der Waals surface area contributed by atoms with Crippen molar-refractivity contribution in [3.63, 3.8) is 0 Å². The Morgan fingerprint density at radius 1 is 1.22 bits per heavy atom. The number of hydrogen-bond donors (Lipinski definition) is 2. The van der Waals surface area contributed by atoms with Gasteiger partial charge in [0.1, 0.15) is 0 Å². The van der Waals surface area contributed by atoms with Crippen LogP contribution in [0.2, 0.25) is 0 Å². The molecule has 0 radical (unpaired) electrons. The Labute approximate surface area is 112 Å². The summed E-state index contributed by atoms with van der Waals surface area (Å²) in [5, 5.41) is 3.44. The lowest BCUT2D eigenvalue weighted by molar-refractivity contribution is 0.686. The fourth-order valence-electron chi connectivity index (χ4n) is 1.72. The Balaban J connectivity index is 1.71. The van der Waals surface area contributed by atoms with Crippen LogP contribution in [-0.4, -0.2) is 11.5 Å². The average Bonchev–Trinajstić information content (AvgIpc) is 2.85. The number of pyridine rings is 1. The Bertz CT molecular complexity index is 476. The topological polar surface area (TPSA) is 50.9 Å². The largest absolute Gasteiger partial charge is 0.397 e. The molecule has 0 unspecified atom stereocenters. The highest BCUT2D eigenvalue weighted by molar-refractivity contribution is 7.11. The van der Waals surface area contributed by atoms with Crippen molar-refractivity contribution >= 4 is 17.0 Å². The zero-order chi connectivity index (χ0) is 12.8. The van der Waals surface area contributed by atoms with E-state index in [1.165, 1.54) is 9.75 Å². The molecule has 0 aliphatic carbocycles. The molecule has 2 heterocycles. The molecule has 0 amide bonds. The normalized spacial score (nSPS) is 10.7. The molecule has 18 heavy (non-hydrogen) atoms. The third-order valence-electron chi connectivity index (χ3n) is 2.77. The number of nitrogens with zero attached hydrogens (tertiary/aromatic N) is 1. The molecular weight excluding hydrogens is 242 g/mol. The van der Waals surface area contributed by atoms with Crippen molar-refractivity contribution in [2.75, 3.05) is 12.3 Å². The zero-order valence-electron chi connectivity index (χ0n) is 10.6. The maximum Gasteiger partial charge on any atom is 0.0501 e. The van der Waals surface area contributed by atoms with Gasteiger partial charge in [-0.25, -0.2) is 0 Å². The van der Waals surface area contributed by atoms with Gasteiger partial charge in [0.25, 0.3) is 0 Å². The summed E-state index contributed by atoms with van der Waals surface area (Å²) in [6.07, 6.45) is 3.77. The van der Waals surface area contributed by atoms with E-state index < -0.39 is 0 Å². The van der Waals surface area contributed by atoms with Gasteiger partial charge in [0.2, 0.25) is 0 Å². The molecule has 0 saturated carbocycles. The summed E-state index contributed by atoms with van der Waals surface area (Å²) in [6.45, 7) is 4.08. The van der Waals surface area contributed by atoms with Gasteiger partial charge in [0.05, 0.1) is 11.9 Å². The summed E-state index contributed by atoms with van der Waals surface area (Å²) in [6, 6.07) is 8.30. The Hall–Kier alpha value is -1.39. The number of aryl methyl sites for hydroxylation is 1. The van der Waals surface area contributed by atoms with Crippen LogP contribution in [0.3, 0.4) is 0 Å². The molecule has 0 atom stereocenters. The van der Waals surface area contributed by atoms with Gasteiger partial charge in [-0.2, -0.15) is 0 Å². The van der Waals surface area contributed by atoms with Gasteiger partial charge in [-0.3, -0.25) is 4.98 Å². The highest BCUT2D eigenvalue weighted by Crippen LogP contribution is 2.16. The van der Waals surface area contributed by atoms with E-state index in [4.69, 9.17) is 5.73 Å². The molecule has 0 fully saturated rings. The molecule has 3 N–H and O–H groups in total. The number of nitrogens with one attached hydrogen (secondary N) is 1. The SMILES string of the molecule is CCc1ccc(CNCCc2ccc(N)cn2)s1. The van der Waals surface area contributed by atoms with Crippen LogP contribution in [0.5, 0.6) is 0 Å². The van der Waals surface area contributed by atoms with E-state index in [9.17, 15) is 0 Å². The van der Waals surface area contributed by atoms with Crippen molar-refractivity contribution in [2.45, 2.75) is 26.3 Å². The third kappa shape index (κ3) is 3.82. The number of anilines is 1. The molecule has 0 spiro atoms. The number of aromatic nitrogens is 1. The summed E-state index contributed by atoms with van der Waals surface area (Å²) < 4.78 is 0. The molecule has 0 aliphatic rings. The molecule has 96 valence electrons. The predicted octanol–water partition coefficient (Wildman–Crippen LogP) is 2.62. The van der Waals surface area contributed by atoms with Gasteiger partial charge < -0.3 is 11.1 Å². The van der Waals surface area contributed by atoms with Crippen LogP contribution in [0, 0.1) is 0 Å². The lowest BCUT2D eigenvalue weighted by Gasteiger charge is -2.03. The highest BCUT2D eigenvalue weighted by Gasteiger charge is 1.99. The average molecular weight is 261 g/mol. The van der Waals surface area contributed by atoms with Crippen molar-refractivity contribution in [1.29, 1.82) is 0 Å². The molecule has 4 heteroatoms. The second kappa shape index (κ2) is 6.52. The van der Waals surface area contributed by atoms with Crippen LogP contribution in [-0.2, 0) is 19.4 Å². The van der Waals surface area contributed by atoms with Crippen LogP contribution in [0.15, 0.2) is 30.5 Å². The fraction of sp³-hybridized carbons (Fsp3) is 0.357. The van der Waals surface area contributed by atoms with Gasteiger partial charge in [-0.1, -0.05) is 6.92 Å². The minimum absolute atomic E-state index is 0.720. The molecule has 2 aromatic heterocycles. The predicted molar refractivity (Wildman–Crippen MR) is 77.8 cm³/mol. The van der Waals surface area contributed by atoms with Gasteiger partial charge in [-0.05, 0) is 30.7 Å². The molecule has 0 aliphatic heterocycles. The summed E-state index contributed by atoms with van der Waals surface area (Å²) in [4.78, 5) is 7.13. The second-order valence-electron chi connectivity index (χ2n) is 4.23. The van der Waals surface area contributed by atoms with Crippen molar-refractivity contribution in [2.24, 2.45) is 0 Å². The second-order valence-corrected chi connectivity index (χ2v) is 5.48. The molecule has 0 aromatic carbocycles. The standard InChI is InChI=1S/C14H19N3S/c1-2-13-5-6-14(18-13)10-16-8-7-12-4-3-11(15)9-17-12/h3-6,9,16H,2,7-8,10,15H2,1H3. The first kappa shape index (κ1) is 13.1. The first-order valence-electron chi connectivity index (χ1n) is 6.26. The number of thiophene rings is 1. The van der Waals surface area contributed by atoms with Crippen molar-refractivity contribution < 1.29 is 0 Å². The van der Waals surface area contributed by atoms with Gasteiger partial charge in [0, 0.05) is 35.0 Å². The summed E-state index contributed by atoms with van der Waals surface area (Å²) in [7, 11) is 0. The smallest absolute Gasteiger partial charge is 0.0501 e. The maximum atomic E-state index is 5.60. The molecule has 3 nitrogen and oxygen atoms in total. The number of hydrogen-bond acceptors (Lipinski definition) is 4. The minimum Gasteiger partial charge on any atom is -0.397 e. The first-order valence-corrected chi connectivity index (χ1v) is 7.08. The van der Waals surface area contributed by atoms with Crippen molar-refractivity contribution in [3.8, 4) is 0 Å². The van der Waals surface area contributed by atoms with Crippen LogP contribution in [0.25, 0.3) is 0 Å². The zero-order valence-corrected chi connectivity index (χ0v) is 11.5. The van der Waals surface area contributed by atoms with E-state index >= 15 is 0 Å². The monoisotopic (exact) mass is 261 g/mol. The first-order chi connectivity index (χ1) is 8.78. The van der Waals surface area contributed by atoms with E-state index in [0.29, 0.717) is 0 Å². The molecule has 2 aromatic rings. The minimum atomic E-state index is 0.720. The van der Waals surface area contributed by atoms with Crippen molar-refractivity contribution in [3.05, 3.63) is 45.9 Å². The number of nitrogen functional groups attached to an aromatic ring is 1. The van der Waals surface area contributed by atoms with E-state index in [2.05, 4.69) is 29.4 Å². The maximum absolute atomic E-state index is 5.60. The molecule has 0 saturated heterocycles. The summed E-state index contributed by atoms with van der Waals surface area (Å²) in [5.74, 6) is 0. The van der Waals surface area contributed by atoms with Gasteiger partial charge in [-0.15, -0.1) is 11.3 Å².